The monoisotopic (exact) mass is 277 g/mol. The van der Waals surface area contributed by atoms with Gasteiger partial charge in [-0.1, -0.05) is 44.8 Å². The van der Waals surface area contributed by atoms with E-state index in [1.54, 1.807) is 6.20 Å². The molecule has 4 nitrogen and oxygen atoms in total. The highest BCUT2D eigenvalue weighted by molar-refractivity contribution is 5.93. The summed E-state index contributed by atoms with van der Waals surface area (Å²) in [4.78, 5) is 12.2. The maximum atomic E-state index is 12.2. The Morgan fingerprint density at radius 1 is 1.30 bits per heavy atom. The van der Waals surface area contributed by atoms with Gasteiger partial charge in [0.05, 0.1) is 5.70 Å². The smallest absolute Gasteiger partial charge is 0.267 e. The lowest BCUT2D eigenvalue weighted by Gasteiger charge is -2.22. The van der Waals surface area contributed by atoms with E-state index < -0.39 is 0 Å². The summed E-state index contributed by atoms with van der Waals surface area (Å²) in [6.07, 6.45) is 13.3. The molecule has 1 atom stereocenters. The van der Waals surface area contributed by atoms with Crippen LogP contribution in [0, 0.1) is 0 Å². The molecule has 1 amide bonds. The van der Waals surface area contributed by atoms with E-state index in [2.05, 4.69) is 22.5 Å². The number of carbonyl (C=O) groups is 1. The summed E-state index contributed by atoms with van der Waals surface area (Å²) in [6, 6.07) is 0.655. The van der Waals surface area contributed by atoms with Crippen LogP contribution in [-0.4, -0.2) is 24.5 Å². The van der Waals surface area contributed by atoms with Gasteiger partial charge in [0, 0.05) is 18.6 Å². The molecule has 4 heteroatoms. The average molecular weight is 277 g/mol. The summed E-state index contributed by atoms with van der Waals surface area (Å²) in [5.74, 6) is 0.0664. The zero-order valence-corrected chi connectivity index (χ0v) is 12.3. The minimum absolute atomic E-state index is 0.0664. The van der Waals surface area contributed by atoms with Crippen molar-refractivity contribution in [1.29, 1.82) is 0 Å². The molecule has 0 spiro atoms. The Morgan fingerprint density at radius 3 is 2.70 bits per heavy atom. The van der Waals surface area contributed by atoms with Crippen LogP contribution in [-0.2, 0) is 4.79 Å². The van der Waals surface area contributed by atoms with E-state index in [1.807, 2.05) is 6.08 Å². The van der Waals surface area contributed by atoms with Crippen LogP contribution in [0.25, 0.3) is 0 Å². The molecule has 2 rings (SSSR count). The standard InChI is InChI=1S/C16H27N3O/c1-2-17-12-14-10-11-15(18-14)16(20)19-13-8-6-4-3-5-7-9-13/h2,11,13-14,17-18H,1,3-10,12H2,(H,19,20). The van der Waals surface area contributed by atoms with Gasteiger partial charge in [0.15, 0.2) is 0 Å². The Bertz CT molecular complexity index is 357. The number of amides is 1. The predicted molar refractivity (Wildman–Crippen MR) is 82.1 cm³/mol. The van der Waals surface area contributed by atoms with Crippen molar-refractivity contribution in [3.8, 4) is 0 Å². The number of nitrogens with one attached hydrogen (secondary N) is 3. The molecule has 1 unspecified atom stereocenters. The Hall–Kier alpha value is -1.45. The molecule has 0 radical (unpaired) electrons. The van der Waals surface area contributed by atoms with Gasteiger partial charge in [-0.3, -0.25) is 4.79 Å². The summed E-state index contributed by atoms with van der Waals surface area (Å²) >= 11 is 0. The minimum Gasteiger partial charge on any atom is -0.389 e. The predicted octanol–water partition coefficient (Wildman–Crippen LogP) is 2.19. The van der Waals surface area contributed by atoms with E-state index in [9.17, 15) is 4.79 Å². The molecule has 0 bridgehead atoms. The lowest BCUT2D eigenvalue weighted by Crippen LogP contribution is -2.41. The van der Waals surface area contributed by atoms with Crippen LogP contribution in [0.1, 0.15) is 51.4 Å². The second-order valence-corrected chi connectivity index (χ2v) is 5.82. The van der Waals surface area contributed by atoms with Crippen molar-refractivity contribution < 1.29 is 4.79 Å². The van der Waals surface area contributed by atoms with Gasteiger partial charge in [0.2, 0.25) is 0 Å². The molecule has 2 aliphatic rings. The first-order valence-corrected chi connectivity index (χ1v) is 7.91. The van der Waals surface area contributed by atoms with Gasteiger partial charge >= 0.3 is 0 Å². The van der Waals surface area contributed by atoms with Crippen molar-refractivity contribution in [3.63, 3.8) is 0 Å². The molecule has 112 valence electrons. The van der Waals surface area contributed by atoms with Crippen molar-refractivity contribution in [3.05, 3.63) is 24.6 Å². The number of carbonyl (C=O) groups excluding carboxylic acids is 1. The third-order valence-electron chi connectivity index (χ3n) is 4.16. The second-order valence-electron chi connectivity index (χ2n) is 5.82. The number of hydrogen-bond acceptors (Lipinski definition) is 3. The fraction of sp³-hybridized carbons (Fsp3) is 0.688. The summed E-state index contributed by atoms with van der Waals surface area (Å²) in [6.45, 7) is 4.44. The summed E-state index contributed by atoms with van der Waals surface area (Å²) in [7, 11) is 0. The van der Waals surface area contributed by atoms with Crippen LogP contribution < -0.4 is 16.0 Å². The van der Waals surface area contributed by atoms with Gasteiger partial charge in [-0.05, 0) is 25.5 Å². The van der Waals surface area contributed by atoms with Gasteiger partial charge in [-0.15, -0.1) is 0 Å². The van der Waals surface area contributed by atoms with E-state index in [-0.39, 0.29) is 5.91 Å². The molecule has 0 aromatic rings. The molecule has 1 fully saturated rings. The third-order valence-corrected chi connectivity index (χ3v) is 4.16. The van der Waals surface area contributed by atoms with Gasteiger partial charge in [-0.25, -0.2) is 0 Å². The zero-order valence-electron chi connectivity index (χ0n) is 12.3. The summed E-state index contributed by atoms with van der Waals surface area (Å²) in [5.41, 5.74) is 0.739. The molecule has 1 heterocycles. The molecule has 1 aliphatic carbocycles. The maximum Gasteiger partial charge on any atom is 0.267 e. The van der Waals surface area contributed by atoms with Gasteiger partial charge in [-0.2, -0.15) is 0 Å². The van der Waals surface area contributed by atoms with E-state index in [0.29, 0.717) is 12.1 Å². The highest BCUT2D eigenvalue weighted by Crippen LogP contribution is 2.18. The van der Waals surface area contributed by atoms with Gasteiger partial charge < -0.3 is 16.0 Å². The molecule has 0 saturated heterocycles. The summed E-state index contributed by atoms with van der Waals surface area (Å²) in [5, 5.41) is 9.56. The van der Waals surface area contributed by atoms with E-state index in [4.69, 9.17) is 0 Å². The van der Waals surface area contributed by atoms with Crippen LogP contribution >= 0.6 is 0 Å². The Morgan fingerprint density at radius 2 is 2.00 bits per heavy atom. The van der Waals surface area contributed by atoms with E-state index in [1.165, 1.54) is 32.1 Å². The molecule has 0 aromatic heterocycles. The number of rotatable bonds is 5. The molecule has 1 aliphatic heterocycles. The van der Waals surface area contributed by atoms with Crippen molar-refractivity contribution in [2.45, 2.75) is 63.5 Å². The van der Waals surface area contributed by atoms with Crippen LogP contribution in [0.3, 0.4) is 0 Å². The third kappa shape index (κ3) is 4.58. The zero-order chi connectivity index (χ0) is 14.2. The Labute approximate surface area is 122 Å². The molecule has 20 heavy (non-hydrogen) atoms. The maximum absolute atomic E-state index is 12.2. The molecular weight excluding hydrogens is 250 g/mol. The van der Waals surface area contributed by atoms with Crippen molar-refractivity contribution in [2.75, 3.05) is 6.54 Å². The molecule has 1 saturated carbocycles. The second kappa shape index (κ2) is 7.98. The van der Waals surface area contributed by atoms with Crippen molar-refractivity contribution in [1.82, 2.24) is 16.0 Å². The topological polar surface area (TPSA) is 53.2 Å². The SMILES string of the molecule is C=CNCC1CC=C(C(=O)NC2CCCCCCC2)N1. The lowest BCUT2D eigenvalue weighted by molar-refractivity contribution is -0.118. The van der Waals surface area contributed by atoms with Gasteiger partial charge in [0.25, 0.3) is 5.91 Å². The summed E-state index contributed by atoms with van der Waals surface area (Å²) < 4.78 is 0. The molecule has 3 N–H and O–H groups in total. The first-order valence-electron chi connectivity index (χ1n) is 7.91. The normalized spacial score (nSPS) is 24.0. The highest BCUT2D eigenvalue weighted by Gasteiger charge is 2.22. The van der Waals surface area contributed by atoms with Crippen LogP contribution in [0.5, 0.6) is 0 Å². The molecule has 0 aromatic carbocycles. The Kier molecular flexibility index (Phi) is 5.96. The average Bonchev–Trinajstić information content (AvgIpc) is 2.88. The fourth-order valence-corrected chi connectivity index (χ4v) is 2.98. The molecular formula is C16H27N3O. The largest absolute Gasteiger partial charge is 0.389 e. The quantitative estimate of drug-likeness (QED) is 0.722. The van der Waals surface area contributed by atoms with Crippen LogP contribution in [0.4, 0.5) is 0 Å². The fourth-order valence-electron chi connectivity index (χ4n) is 2.98. The first-order chi connectivity index (χ1) is 9.79. The minimum atomic E-state index is 0.0664. The highest BCUT2D eigenvalue weighted by atomic mass is 16.2. The van der Waals surface area contributed by atoms with Crippen LogP contribution in [0.15, 0.2) is 24.6 Å². The van der Waals surface area contributed by atoms with Crippen molar-refractivity contribution in [2.24, 2.45) is 0 Å². The number of hydrogen-bond donors (Lipinski definition) is 3. The first kappa shape index (κ1) is 14.9. The van der Waals surface area contributed by atoms with Crippen molar-refractivity contribution >= 4 is 5.91 Å². The Balaban J connectivity index is 1.75. The lowest BCUT2D eigenvalue weighted by atomic mass is 9.96. The van der Waals surface area contributed by atoms with E-state index >= 15 is 0 Å². The van der Waals surface area contributed by atoms with E-state index in [0.717, 1.165) is 31.5 Å². The van der Waals surface area contributed by atoms with Gasteiger partial charge in [0.1, 0.15) is 0 Å². The van der Waals surface area contributed by atoms with Crippen LogP contribution in [0.2, 0.25) is 0 Å².